The molecule has 0 fully saturated rings. The molecule has 1 amide bonds. The summed E-state index contributed by atoms with van der Waals surface area (Å²) in [5.41, 5.74) is 5.83. The Morgan fingerprint density at radius 3 is 1.97 bits per heavy atom. The van der Waals surface area contributed by atoms with Crippen molar-refractivity contribution in [1.29, 1.82) is 0 Å². The molecule has 3 rings (SSSR count). The number of thioether (sulfide) groups is 2. The standard InChI is InChI=1S/C25H27NOS2/c1-19-3-7-21(8-4-19)17-28-16-15-26-25(27)23-11-9-22(10-12-23)18-29-24-13-5-20(2)6-14-24/h3-14H,15-18H2,1-2H3,(H,26,27). The van der Waals surface area contributed by atoms with Crippen LogP contribution in [-0.4, -0.2) is 18.2 Å². The van der Waals surface area contributed by atoms with Crippen LogP contribution in [0.4, 0.5) is 0 Å². The van der Waals surface area contributed by atoms with Gasteiger partial charge < -0.3 is 5.32 Å². The molecular weight excluding hydrogens is 394 g/mol. The number of nitrogens with one attached hydrogen (secondary N) is 1. The van der Waals surface area contributed by atoms with Gasteiger partial charge in [-0.05, 0) is 49.2 Å². The highest BCUT2D eigenvalue weighted by molar-refractivity contribution is 7.98. The molecule has 0 unspecified atom stereocenters. The molecule has 0 saturated heterocycles. The average Bonchev–Trinajstić information content (AvgIpc) is 2.74. The van der Waals surface area contributed by atoms with E-state index in [1.807, 2.05) is 47.8 Å². The van der Waals surface area contributed by atoms with E-state index in [1.54, 1.807) is 0 Å². The molecule has 1 N–H and O–H groups in total. The molecule has 0 heterocycles. The average molecular weight is 422 g/mol. The van der Waals surface area contributed by atoms with Gasteiger partial charge in [0.05, 0.1) is 0 Å². The molecule has 0 aromatic heterocycles. The highest BCUT2D eigenvalue weighted by Gasteiger charge is 2.05. The molecule has 0 atom stereocenters. The third-order valence-corrected chi connectivity index (χ3v) is 6.68. The molecule has 0 radical (unpaired) electrons. The zero-order valence-electron chi connectivity index (χ0n) is 17.0. The molecule has 0 aliphatic rings. The van der Waals surface area contributed by atoms with Crippen molar-refractivity contribution in [2.75, 3.05) is 12.3 Å². The molecule has 3 aromatic rings. The topological polar surface area (TPSA) is 29.1 Å². The number of rotatable bonds is 9. The number of carbonyl (C=O) groups is 1. The fourth-order valence-corrected chi connectivity index (χ4v) is 4.44. The maximum absolute atomic E-state index is 12.3. The van der Waals surface area contributed by atoms with Crippen LogP contribution in [0.25, 0.3) is 0 Å². The van der Waals surface area contributed by atoms with Gasteiger partial charge in [-0.3, -0.25) is 4.79 Å². The number of aryl methyl sites for hydroxylation is 2. The lowest BCUT2D eigenvalue weighted by molar-refractivity contribution is 0.0956. The Morgan fingerprint density at radius 1 is 0.759 bits per heavy atom. The summed E-state index contributed by atoms with van der Waals surface area (Å²) in [6.45, 7) is 4.88. The predicted octanol–water partition coefficient (Wildman–Crippen LogP) is 6.26. The Kier molecular flexibility index (Phi) is 8.26. The molecule has 3 aromatic carbocycles. The van der Waals surface area contributed by atoms with E-state index in [2.05, 4.69) is 67.7 Å². The monoisotopic (exact) mass is 421 g/mol. The van der Waals surface area contributed by atoms with Crippen LogP contribution in [0.3, 0.4) is 0 Å². The van der Waals surface area contributed by atoms with Gasteiger partial charge in [-0.25, -0.2) is 0 Å². The zero-order valence-corrected chi connectivity index (χ0v) is 18.6. The minimum atomic E-state index is -0.00123. The zero-order chi connectivity index (χ0) is 20.5. The number of amides is 1. The molecule has 2 nitrogen and oxygen atoms in total. The van der Waals surface area contributed by atoms with Crippen LogP contribution in [0.2, 0.25) is 0 Å². The van der Waals surface area contributed by atoms with E-state index in [0.717, 1.165) is 22.8 Å². The SMILES string of the molecule is Cc1ccc(CSCCNC(=O)c2ccc(CSc3ccc(C)cc3)cc2)cc1. The van der Waals surface area contributed by atoms with E-state index < -0.39 is 0 Å². The normalized spacial score (nSPS) is 10.7. The van der Waals surface area contributed by atoms with Gasteiger partial charge in [-0.2, -0.15) is 11.8 Å². The predicted molar refractivity (Wildman–Crippen MR) is 127 cm³/mol. The highest BCUT2D eigenvalue weighted by atomic mass is 32.2. The third kappa shape index (κ3) is 7.30. The second-order valence-corrected chi connectivity index (χ2v) is 9.25. The summed E-state index contributed by atoms with van der Waals surface area (Å²) < 4.78 is 0. The number of hydrogen-bond donors (Lipinski definition) is 1. The first-order valence-corrected chi connectivity index (χ1v) is 11.9. The second-order valence-electron chi connectivity index (χ2n) is 7.09. The smallest absolute Gasteiger partial charge is 0.251 e. The van der Waals surface area contributed by atoms with Gasteiger partial charge >= 0.3 is 0 Å². The molecule has 0 bridgehead atoms. The first-order chi connectivity index (χ1) is 14.1. The van der Waals surface area contributed by atoms with Gasteiger partial charge in [-0.15, -0.1) is 11.8 Å². The molecule has 29 heavy (non-hydrogen) atoms. The first-order valence-electron chi connectivity index (χ1n) is 9.80. The van der Waals surface area contributed by atoms with Crippen LogP contribution >= 0.6 is 23.5 Å². The van der Waals surface area contributed by atoms with Crippen molar-refractivity contribution in [1.82, 2.24) is 5.32 Å². The Morgan fingerprint density at radius 2 is 1.31 bits per heavy atom. The summed E-state index contributed by atoms with van der Waals surface area (Å²) in [7, 11) is 0. The quantitative estimate of drug-likeness (QED) is 0.327. The number of hydrogen-bond acceptors (Lipinski definition) is 3. The summed E-state index contributed by atoms with van der Waals surface area (Å²) in [4.78, 5) is 13.6. The molecule has 0 aliphatic heterocycles. The minimum Gasteiger partial charge on any atom is -0.351 e. The fraction of sp³-hybridized carbons (Fsp3) is 0.240. The summed E-state index contributed by atoms with van der Waals surface area (Å²) >= 11 is 3.65. The second kappa shape index (κ2) is 11.1. The van der Waals surface area contributed by atoms with Crippen molar-refractivity contribution in [3.05, 3.63) is 101 Å². The van der Waals surface area contributed by atoms with Crippen LogP contribution < -0.4 is 5.32 Å². The van der Waals surface area contributed by atoms with Gasteiger partial charge in [-0.1, -0.05) is 59.7 Å². The molecule has 0 spiro atoms. The van der Waals surface area contributed by atoms with E-state index in [4.69, 9.17) is 0 Å². The van der Waals surface area contributed by atoms with Crippen LogP contribution in [-0.2, 0) is 11.5 Å². The molecular formula is C25H27NOS2. The van der Waals surface area contributed by atoms with Gasteiger partial charge in [0, 0.05) is 34.3 Å². The maximum Gasteiger partial charge on any atom is 0.251 e. The fourth-order valence-electron chi connectivity index (χ4n) is 2.77. The lowest BCUT2D eigenvalue weighted by Gasteiger charge is -2.07. The van der Waals surface area contributed by atoms with Gasteiger partial charge in [0.1, 0.15) is 0 Å². The third-order valence-electron chi connectivity index (χ3n) is 4.56. The van der Waals surface area contributed by atoms with E-state index in [9.17, 15) is 4.79 Å². The van der Waals surface area contributed by atoms with Gasteiger partial charge in [0.15, 0.2) is 0 Å². The van der Waals surface area contributed by atoms with E-state index in [-0.39, 0.29) is 5.91 Å². The molecule has 0 aliphatic carbocycles. The van der Waals surface area contributed by atoms with Crippen molar-refractivity contribution in [3.63, 3.8) is 0 Å². The number of benzene rings is 3. The Labute approximate surface area is 182 Å². The lowest BCUT2D eigenvalue weighted by atomic mass is 10.1. The van der Waals surface area contributed by atoms with Crippen LogP contribution in [0, 0.1) is 13.8 Å². The summed E-state index contributed by atoms with van der Waals surface area (Å²) in [6.07, 6.45) is 0. The van der Waals surface area contributed by atoms with Crippen molar-refractivity contribution in [2.45, 2.75) is 30.2 Å². The van der Waals surface area contributed by atoms with Crippen LogP contribution in [0.1, 0.15) is 32.6 Å². The summed E-state index contributed by atoms with van der Waals surface area (Å²) in [5, 5.41) is 3.01. The summed E-state index contributed by atoms with van der Waals surface area (Å²) in [5.74, 6) is 2.79. The molecule has 4 heteroatoms. The van der Waals surface area contributed by atoms with Gasteiger partial charge in [0.25, 0.3) is 5.91 Å². The van der Waals surface area contributed by atoms with E-state index in [1.165, 1.54) is 27.1 Å². The Balaban J connectivity index is 1.37. The molecule has 150 valence electrons. The molecule has 0 saturated carbocycles. The van der Waals surface area contributed by atoms with Crippen molar-refractivity contribution >= 4 is 29.4 Å². The minimum absolute atomic E-state index is 0.00123. The first kappa shape index (κ1) is 21.5. The van der Waals surface area contributed by atoms with Crippen molar-refractivity contribution in [2.24, 2.45) is 0 Å². The lowest BCUT2D eigenvalue weighted by Crippen LogP contribution is -2.25. The van der Waals surface area contributed by atoms with Crippen LogP contribution in [0.15, 0.2) is 77.7 Å². The number of carbonyl (C=O) groups excluding carboxylic acids is 1. The maximum atomic E-state index is 12.3. The summed E-state index contributed by atoms with van der Waals surface area (Å²) in [6, 6.07) is 25.1. The van der Waals surface area contributed by atoms with E-state index in [0.29, 0.717) is 6.54 Å². The largest absolute Gasteiger partial charge is 0.351 e. The van der Waals surface area contributed by atoms with Crippen molar-refractivity contribution < 1.29 is 4.79 Å². The van der Waals surface area contributed by atoms with Crippen molar-refractivity contribution in [3.8, 4) is 0 Å². The van der Waals surface area contributed by atoms with E-state index >= 15 is 0 Å². The highest BCUT2D eigenvalue weighted by Crippen LogP contribution is 2.23. The Bertz CT molecular complexity index is 903. The van der Waals surface area contributed by atoms with Gasteiger partial charge in [0.2, 0.25) is 0 Å². The Hall–Kier alpha value is -2.17. The van der Waals surface area contributed by atoms with Crippen LogP contribution in [0.5, 0.6) is 0 Å².